The summed E-state index contributed by atoms with van der Waals surface area (Å²) in [4.78, 5) is 22.7. The summed E-state index contributed by atoms with van der Waals surface area (Å²) < 4.78 is 13.7. The molecule has 0 radical (unpaired) electrons. The van der Waals surface area contributed by atoms with Crippen molar-refractivity contribution in [2.45, 2.75) is 6.54 Å². The molecule has 2 rings (SSSR count). The lowest BCUT2D eigenvalue weighted by Crippen LogP contribution is -2.34. The predicted octanol–water partition coefficient (Wildman–Crippen LogP) is 0.0439. The number of rotatable bonds is 7. The van der Waals surface area contributed by atoms with Gasteiger partial charge in [-0.1, -0.05) is 0 Å². The van der Waals surface area contributed by atoms with Gasteiger partial charge in [0.15, 0.2) is 6.33 Å². The molecule has 0 bridgehead atoms. The molecule has 0 fully saturated rings. The number of hydrogen-bond donors (Lipinski definition) is 2. The number of carboxylic acids is 2. The van der Waals surface area contributed by atoms with Gasteiger partial charge in [0, 0.05) is 12.1 Å². The first kappa shape index (κ1) is 16.4. The van der Waals surface area contributed by atoms with Gasteiger partial charge in [-0.05, 0) is 23.8 Å². The predicted molar refractivity (Wildman–Crippen MR) is 73.6 cm³/mol. The number of carboxylic acid groups (broad SMARTS) is 2. The second-order valence-corrected chi connectivity index (χ2v) is 4.65. The van der Waals surface area contributed by atoms with Crippen LogP contribution < -0.4 is 0 Å². The summed E-state index contributed by atoms with van der Waals surface area (Å²) in [6.07, 6.45) is 1.13. The zero-order valence-corrected chi connectivity index (χ0v) is 11.8. The summed E-state index contributed by atoms with van der Waals surface area (Å²) in [7, 11) is 0. The minimum atomic E-state index is -1.18. The zero-order chi connectivity index (χ0) is 16.8. The molecule has 10 heteroatoms. The van der Waals surface area contributed by atoms with E-state index in [1.54, 1.807) is 0 Å². The van der Waals surface area contributed by atoms with Gasteiger partial charge >= 0.3 is 11.9 Å². The maximum Gasteiger partial charge on any atom is 0.317 e. The van der Waals surface area contributed by atoms with E-state index in [2.05, 4.69) is 20.4 Å². The second kappa shape index (κ2) is 7.31. The minimum Gasteiger partial charge on any atom is -0.480 e. The number of hydrogen-bond acceptors (Lipinski definition) is 7. The number of aromatic nitrogens is 4. The first-order valence-electron chi connectivity index (χ1n) is 6.40. The topological polar surface area (TPSA) is 129 Å². The maximum absolute atomic E-state index is 13.7. The van der Waals surface area contributed by atoms with Crippen LogP contribution in [0.3, 0.4) is 0 Å². The third-order valence-corrected chi connectivity index (χ3v) is 2.75. The Morgan fingerprint density at radius 1 is 1.04 bits per heavy atom. The molecule has 0 aliphatic rings. The van der Waals surface area contributed by atoms with E-state index < -0.39 is 30.8 Å². The molecule has 1 aromatic carbocycles. The monoisotopic (exact) mass is 321 g/mol. The van der Waals surface area contributed by atoms with E-state index in [9.17, 15) is 14.0 Å². The van der Waals surface area contributed by atoms with Crippen LogP contribution >= 0.6 is 0 Å². The molecule has 2 N–H and O–H groups in total. The van der Waals surface area contributed by atoms with Crippen molar-refractivity contribution in [3.05, 3.63) is 35.9 Å². The molecular formula is C13H12FN5O4. The maximum atomic E-state index is 13.7. The Morgan fingerprint density at radius 2 is 1.65 bits per heavy atom. The molecule has 0 saturated heterocycles. The summed E-state index contributed by atoms with van der Waals surface area (Å²) >= 11 is 0. The lowest BCUT2D eigenvalue weighted by atomic mass is 10.1. The standard InChI is InChI=1S/C13H12FN5O4/c14-10-2-8(4-19(5-11(20)21)6-12(22)23)1-9(3-10)13-17-15-7-16-18-13/h1-3,7H,4-6H2,(H,20,21)(H,22,23). The van der Waals surface area contributed by atoms with Gasteiger partial charge in [0.2, 0.25) is 5.82 Å². The van der Waals surface area contributed by atoms with Crippen molar-refractivity contribution in [1.29, 1.82) is 0 Å². The summed E-state index contributed by atoms with van der Waals surface area (Å²) in [6.45, 7) is -1.02. The van der Waals surface area contributed by atoms with Crippen LogP contribution in [0.15, 0.2) is 24.5 Å². The van der Waals surface area contributed by atoms with E-state index >= 15 is 0 Å². The van der Waals surface area contributed by atoms with E-state index in [0.29, 0.717) is 11.1 Å². The van der Waals surface area contributed by atoms with Gasteiger partial charge in [-0.15, -0.1) is 20.4 Å². The highest BCUT2D eigenvalue weighted by atomic mass is 19.1. The molecule has 0 spiro atoms. The van der Waals surface area contributed by atoms with Gasteiger partial charge in [-0.25, -0.2) is 4.39 Å². The van der Waals surface area contributed by atoms with Crippen LogP contribution in [0.5, 0.6) is 0 Å². The summed E-state index contributed by atoms with van der Waals surface area (Å²) in [5.74, 6) is -2.84. The van der Waals surface area contributed by atoms with Crippen LogP contribution in [0.25, 0.3) is 11.4 Å². The largest absolute Gasteiger partial charge is 0.480 e. The summed E-state index contributed by atoms with van der Waals surface area (Å²) in [6, 6.07) is 3.89. The number of benzene rings is 1. The van der Waals surface area contributed by atoms with Gasteiger partial charge in [0.1, 0.15) is 5.82 Å². The third kappa shape index (κ3) is 5.04. The molecule has 1 aromatic heterocycles. The number of nitrogens with zero attached hydrogens (tertiary/aromatic N) is 5. The van der Waals surface area contributed by atoms with E-state index in [-0.39, 0.29) is 12.4 Å². The molecule has 9 nitrogen and oxygen atoms in total. The fourth-order valence-electron chi connectivity index (χ4n) is 2.00. The Bertz CT molecular complexity index is 697. The Labute approximate surface area is 129 Å². The van der Waals surface area contributed by atoms with Gasteiger partial charge in [-0.2, -0.15) is 0 Å². The van der Waals surface area contributed by atoms with Crippen LogP contribution in [-0.2, 0) is 16.1 Å². The van der Waals surface area contributed by atoms with Crippen LogP contribution in [0.4, 0.5) is 4.39 Å². The van der Waals surface area contributed by atoms with Crippen molar-refractivity contribution < 1.29 is 24.2 Å². The van der Waals surface area contributed by atoms with E-state index in [1.807, 2.05) is 0 Å². The fourth-order valence-corrected chi connectivity index (χ4v) is 2.00. The fraction of sp³-hybridized carbons (Fsp3) is 0.231. The van der Waals surface area contributed by atoms with Crippen molar-refractivity contribution in [3.8, 4) is 11.4 Å². The average Bonchev–Trinajstić information content (AvgIpc) is 2.46. The van der Waals surface area contributed by atoms with Crippen molar-refractivity contribution >= 4 is 11.9 Å². The molecule has 0 unspecified atom stereocenters. The zero-order valence-electron chi connectivity index (χ0n) is 11.8. The van der Waals surface area contributed by atoms with Crippen LogP contribution in [0.1, 0.15) is 5.56 Å². The molecular weight excluding hydrogens is 309 g/mol. The lowest BCUT2D eigenvalue weighted by molar-refractivity contribution is -0.142. The normalized spacial score (nSPS) is 10.7. The molecule has 0 amide bonds. The van der Waals surface area contributed by atoms with Gasteiger partial charge in [0.05, 0.1) is 13.1 Å². The quantitative estimate of drug-likeness (QED) is 0.726. The van der Waals surface area contributed by atoms with Crippen molar-refractivity contribution in [3.63, 3.8) is 0 Å². The Balaban J connectivity index is 2.26. The average molecular weight is 321 g/mol. The Kier molecular flexibility index (Phi) is 5.20. The van der Waals surface area contributed by atoms with Crippen molar-refractivity contribution in [1.82, 2.24) is 25.3 Å². The van der Waals surface area contributed by atoms with Gasteiger partial charge in [0.25, 0.3) is 0 Å². The van der Waals surface area contributed by atoms with E-state index in [1.165, 1.54) is 18.2 Å². The number of carbonyl (C=O) groups is 2. The van der Waals surface area contributed by atoms with Crippen molar-refractivity contribution in [2.75, 3.05) is 13.1 Å². The first-order chi connectivity index (χ1) is 10.9. The van der Waals surface area contributed by atoms with Crippen LogP contribution in [0, 0.1) is 5.82 Å². The number of aliphatic carboxylic acids is 2. The highest BCUT2D eigenvalue weighted by Crippen LogP contribution is 2.18. The number of halogens is 1. The van der Waals surface area contributed by atoms with E-state index in [4.69, 9.17) is 10.2 Å². The third-order valence-electron chi connectivity index (χ3n) is 2.75. The molecule has 23 heavy (non-hydrogen) atoms. The van der Waals surface area contributed by atoms with Gasteiger partial charge in [-0.3, -0.25) is 14.5 Å². The summed E-state index contributed by atoms with van der Waals surface area (Å²) in [5, 5.41) is 32.2. The van der Waals surface area contributed by atoms with Crippen molar-refractivity contribution in [2.24, 2.45) is 0 Å². The van der Waals surface area contributed by atoms with Crippen LogP contribution in [0.2, 0.25) is 0 Å². The smallest absolute Gasteiger partial charge is 0.317 e. The molecule has 0 aliphatic carbocycles. The molecule has 120 valence electrons. The molecule has 0 aliphatic heterocycles. The minimum absolute atomic E-state index is 0.0585. The first-order valence-corrected chi connectivity index (χ1v) is 6.40. The lowest BCUT2D eigenvalue weighted by Gasteiger charge is -2.18. The molecule has 0 saturated carbocycles. The van der Waals surface area contributed by atoms with E-state index in [0.717, 1.165) is 11.2 Å². The van der Waals surface area contributed by atoms with Gasteiger partial charge < -0.3 is 10.2 Å². The summed E-state index contributed by atoms with van der Waals surface area (Å²) in [5.41, 5.74) is 0.696. The molecule has 0 atom stereocenters. The molecule has 1 heterocycles. The SMILES string of the molecule is O=C(O)CN(CC(=O)O)Cc1cc(F)cc(-c2nncnn2)c1. The second-order valence-electron chi connectivity index (χ2n) is 4.65. The Hall–Kier alpha value is -3.01. The van der Waals surface area contributed by atoms with Crippen LogP contribution in [-0.4, -0.2) is 60.5 Å². The Morgan fingerprint density at radius 3 is 2.22 bits per heavy atom. The molecule has 2 aromatic rings. The highest BCUT2D eigenvalue weighted by molar-refractivity contribution is 5.72. The highest BCUT2D eigenvalue weighted by Gasteiger charge is 2.15.